The maximum atomic E-state index is 13.6. The van der Waals surface area contributed by atoms with Crippen LogP contribution in [0.15, 0.2) is 77.0 Å². The van der Waals surface area contributed by atoms with Gasteiger partial charge in [-0.2, -0.15) is 0 Å². The highest BCUT2D eigenvalue weighted by Crippen LogP contribution is 2.39. The molecule has 1 aliphatic rings. The smallest absolute Gasteiger partial charge is 0.252 e. The molecule has 2 unspecified atom stereocenters. The molecular weight excluding hydrogens is 590 g/mol. The Balaban J connectivity index is 1.32. The number of amides is 1. The SMILES string of the molecule is CC(C)CN(C)Cc1ccc2c(c1)OCCC2NC(=O)CC(NS(=O)(=O)c1sc2ccccc2c1Cl)c1ccccc1. The fourth-order valence-corrected chi connectivity index (χ4v) is 8.81. The fraction of sp³-hybridized carbons (Fsp3) is 0.344. The Morgan fingerprint density at radius 2 is 1.83 bits per heavy atom. The van der Waals surface area contributed by atoms with E-state index >= 15 is 0 Å². The van der Waals surface area contributed by atoms with Crippen LogP contribution in [0.4, 0.5) is 0 Å². The quantitative estimate of drug-likeness (QED) is 0.194. The van der Waals surface area contributed by atoms with Crippen LogP contribution in [0.5, 0.6) is 5.75 Å². The van der Waals surface area contributed by atoms with E-state index in [1.165, 1.54) is 0 Å². The van der Waals surface area contributed by atoms with Crippen molar-refractivity contribution in [3.8, 4) is 5.75 Å². The van der Waals surface area contributed by atoms with E-state index in [2.05, 4.69) is 48.0 Å². The lowest BCUT2D eigenvalue weighted by Crippen LogP contribution is -2.36. The van der Waals surface area contributed by atoms with Crippen molar-refractivity contribution in [2.24, 2.45) is 5.92 Å². The minimum atomic E-state index is -4.02. The van der Waals surface area contributed by atoms with Crippen LogP contribution in [0.1, 0.15) is 55.5 Å². The lowest BCUT2D eigenvalue weighted by atomic mass is 9.97. The standard InChI is InChI=1S/C32H36ClN3O4S2/c1-21(2)19-36(3)20-22-13-14-24-26(15-16-40-28(24)17-22)34-30(37)18-27(23-9-5-4-6-10-23)35-42(38,39)32-31(33)25-11-7-8-12-29(25)41-32/h4-14,17,21,26-27,35H,15-16,18-20H2,1-3H3,(H,34,37). The number of nitrogens with one attached hydrogen (secondary N) is 2. The van der Waals surface area contributed by atoms with Crippen LogP contribution in [0.2, 0.25) is 5.02 Å². The Labute approximate surface area is 256 Å². The van der Waals surface area contributed by atoms with Gasteiger partial charge in [-0.05, 0) is 36.2 Å². The highest BCUT2D eigenvalue weighted by molar-refractivity contribution is 7.92. The number of hydrogen-bond donors (Lipinski definition) is 2. The summed E-state index contributed by atoms with van der Waals surface area (Å²) in [6.45, 7) is 6.70. The number of halogens is 1. The molecule has 2 heterocycles. The van der Waals surface area contributed by atoms with Crippen LogP contribution in [-0.2, 0) is 21.4 Å². The number of thiophene rings is 1. The van der Waals surface area contributed by atoms with Crippen molar-refractivity contribution in [1.82, 2.24) is 14.9 Å². The van der Waals surface area contributed by atoms with Gasteiger partial charge in [0, 0.05) is 41.6 Å². The second kappa shape index (κ2) is 13.1. The zero-order valence-electron chi connectivity index (χ0n) is 24.0. The third-order valence-electron chi connectivity index (χ3n) is 7.22. The Morgan fingerprint density at radius 3 is 2.57 bits per heavy atom. The van der Waals surface area contributed by atoms with Crippen LogP contribution in [0, 0.1) is 5.92 Å². The number of sulfonamides is 1. The summed E-state index contributed by atoms with van der Waals surface area (Å²) < 4.78 is 36.7. The van der Waals surface area contributed by atoms with Gasteiger partial charge in [0.05, 0.1) is 23.7 Å². The summed E-state index contributed by atoms with van der Waals surface area (Å²) in [5.41, 5.74) is 2.78. The van der Waals surface area contributed by atoms with Crippen molar-refractivity contribution in [3.63, 3.8) is 0 Å². The second-order valence-electron chi connectivity index (χ2n) is 11.2. The summed E-state index contributed by atoms with van der Waals surface area (Å²) in [5, 5.41) is 4.01. The molecule has 5 rings (SSSR count). The first kappa shape index (κ1) is 30.5. The van der Waals surface area contributed by atoms with Crippen molar-refractivity contribution < 1.29 is 17.9 Å². The molecule has 1 aromatic heterocycles. The largest absolute Gasteiger partial charge is 0.493 e. The molecule has 3 aromatic carbocycles. The van der Waals surface area contributed by atoms with Crippen molar-refractivity contribution >= 4 is 49.0 Å². The molecule has 2 atom stereocenters. The van der Waals surface area contributed by atoms with E-state index < -0.39 is 16.1 Å². The van der Waals surface area contributed by atoms with Gasteiger partial charge in [-0.1, -0.05) is 86.1 Å². The first-order valence-electron chi connectivity index (χ1n) is 14.1. The first-order chi connectivity index (χ1) is 20.1. The lowest BCUT2D eigenvalue weighted by molar-refractivity contribution is -0.122. The summed E-state index contributed by atoms with van der Waals surface area (Å²) in [7, 11) is -1.91. The summed E-state index contributed by atoms with van der Waals surface area (Å²) >= 11 is 7.63. The number of benzene rings is 3. The molecule has 7 nitrogen and oxygen atoms in total. The highest BCUT2D eigenvalue weighted by atomic mass is 35.5. The van der Waals surface area contributed by atoms with Crippen LogP contribution in [0.3, 0.4) is 0 Å². The molecule has 0 saturated heterocycles. The molecule has 1 aliphatic heterocycles. The number of fused-ring (bicyclic) bond motifs is 2. The van der Waals surface area contributed by atoms with Gasteiger partial charge in [-0.3, -0.25) is 4.79 Å². The molecule has 0 fully saturated rings. The van der Waals surface area contributed by atoms with Gasteiger partial charge in [-0.25, -0.2) is 13.1 Å². The molecule has 0 bridgehead atoms. The normalized spacial score (nSPS) is 15.9. The van der Waals surface area contributed by atoms with Crippen molar-refractivity contribution in [2.45, 2.75) is 49.5 Å². The maximum absolute atomic E-state index is 13.6. The number of ether oxygens (including phenoxy) is 1. The van der Waals surface area contributed by atoms with E-state index in [0.29, 0.717) is 29.9 Å². The van der Waals surface area contributed by atoms with E-state index in [0.717, 1.165) is 46.0 Å². The number of carbonyl (C=O) groups excluding carboxylic acids is 1. The van der Waals surface area contributed by atoms with E-state index in [-0.39, 0.29) is 27.6 Å². The van der Waals surface area contributed by atoms with Crippen molar-refractivity contribution in [1.29, 1.82) is 0 Å². The molecule has 0 saturated carbocycles. The lowest BCUT2D eigenvalue weighted by Gasteiger charge is -2.28. The Hall–Kier alpha value is -2.95. The predicted octanol–water partition coefficient (Wildman–Crippen LogP) is 6.69. The fourth-order valence-electron chi connectivity index (χ4n) is 5.44. The van der Waals surface area contributed by atoms with Gasteiger partial charge < -0.3 is 15.0 Å². The third kappa shape index (κ3) is 7.15. The van der Waals surface area contributed by atoms with Crippen molar-refractivity contribution in [3.05, 3.63) is 94.5 Å². The van der Waals surface area contributed by atoms with Gasteiger partial charge in [0.1, 0.15) is 5.75 Å². The molecule has 10 heteroatoms. The zero-order valence-corrected chi connectivity index (χ0v) is 26.4. The van der Waals surface area contributed by atoms with Crippen molar-refractivity contribution in [2.75, 3.05) is 20.2 Å². The zero-order chi connectivity index (χ0) is 29.9. The van der Waals surface area contributed by atoms with Gasteiger partial charge in [-0.15, -0.1) is 11.3 Å². The number of hydrogen-bond acceptors (Lipinski definition) is 6. The summed E-state index contributed by atoms with van der Waals surface area (Å²) in [6.07, 6.45) is 0.557. The highest BCUT2D eigenvalue weighted by Gasteiger charge is 2.30. The van der Waals surface area contributed by atoms with Gasteiger partial charge in [0.15, 0.2) is 4.21 Å². The number of carbonyl (C=O) groups is 1. The minimum Gasteiger partial charge on any atom is -0.493 e. The molecule has 42 heavy (non-hydrogen) atoms. The van der Waals surface area contributed by atoms with E-state index in [4.69, 9.17) is 16.3 Å². The number of nitrogens with zero attached hydrogens (tertiary/aromatic N) is 1. The third-order valence-corrected chi connectivity index (χ3v) is 11.0. The van der Waals surface area contributed by atoms with Gasteiger partial charge in [0.25, 0.3) is 10.0 Å². The van der Waals surface area contributed by atoms with Gasteiger partial charge in [0.2, 0.25) is 5.91 Å². The molecule has 0 aliphatic carbocycles. The predicted molar refractivity (Wildman–Crippen MR) is 170 cm³/mol. The van der Waals surface area contributed by atoms with Crippen LogP contribution >= 0.6 is 22.9 Å². The summed E-state index contributed by atoms with van der Waals surface area (Å²) in [5.74, 6) is 1.10. The average Bonchev–Trinajstić information content (AvgIpc) is 3.30. The molecule has 0 spiro atoms. The minimum absolute atomic E-state index is 0.0416. The van der Waals surface area contributed by atoms with Crippen LogP contribution < -0.4 is 14.8 Å². The van der Waals surface area contributed by atoms with Crippen LogP contribution in [0.25, 0.3) is 10.1 Å². The Bertz CT molecular complexity index is 1660. The molecule has 1 amide bonds. The van der Waals surface area contributed by atoms with Gasteiger partial charge >= 0.3 is 0 Å². The molecule has 2 N–H and O–H groups in total. The molecule has 0 radical (unpaired) electrons. The van der Waals surface area contributed by atoms with E-state index in [9.17, 15) is 13.2 Å². The molecule has 222 valence electrons. The average molecular weight is 626 g/mol. The maximum Gasteiger partial charge on any atom is 0.252 e. The molecule has 4 aromatic rings. The summed E-state index contributed by atoms with van der Waals surface area (Å²) in [4.78, 5) is 15.7. The Morgan fingerprint density at radius 1 is 1.10 bits per heavy atom. The molecular formula is C32H36ClN3O4S2. The second-order valence-corrected chi connectivity index (χ2v) is 14.5. The van der Waals surface area contributed by atoms with E-state index in [1.807, 2.05) is 54.6 Å². The number of rotatable bonds is 11. The van der Waals surface area contributed by atoms with E-state index in [1.54, 1.807) is 6.07 Å². The van der Waals surface area contributed by atoms with Crippen LogP contribution in [-0.4, -0.2) is 39.4 Å². The first-order valence-corrected chi connectivity index (χ1v) is 16.8. The summed E-state index contributed by atoms with van der Waals surface area (Å²) in [6, 6.07) is 21.6. The monoisotopic (exact) mass is 625 g/mol. The Kier molecular flexibility index (Phi) is 9.54. The topological polar surface area (TPSA) is 87.7 Å².